The van der Waals surface area contributed by atoms with E-state index in [1.54, 1.807) is 0 Å². The van der Waals surface area contributed by atoms with Gasteiger partial charge in [0.15, 0.2) is 0 Å². The van der Waals surface area contributed by atoms with Crippen LogP contribution in [-0.2, 0) is 16.0 Å². The summed E-state index contributed by atoms with van der Waals surface area (Å²) in [5, 5.41) is 12.9. The minimum absolute atomic E-state index is 0.00678. The number of benzene rings is 1. The van der Waals surface area contributed by atoms with E-state index in [0.717, 1.165) is 18.4 Å². The van der Waals surface area contributed by atoms with Crippen molar-refractivity contribution in [1.82, 2.24) is 5.32 Å². The number of ether oxygens (including phenoxy) is 1. The molecular formula is C17H25NO3. The van der Waals surface area contributed by atoms with E-state index in [-0.39, 0.29) is 24.0 Å². The molecule has 21 heavy (non-hydrogen) atoms. The standard InChI is InChI=1S/C17H25NO3/c1-12-8-15(9-13(2)21-12)17(20)18-11-16(19)10-14-6-4-3-5-7-14/h3-7,12-13,15-16,19H,8-11H2,1-2H3,(H,18,20). The number of carbonyl (C=O) groups is 1. The van der Waals surface area contributed by atoms with E-state index in [1.165, 1.54) is 0 Å². The van der Waals surface area contributed by atoms with E-state index in [9.17, 15) is 9.90 Å². The van der Waals surface area contributed by atoms with Gasteiger partial charge >= 0.3 is 0 Å². The summed E-state index contributed by atoms with van der Waals surface area (Å²) in [6.07, 6.45) is 1.76. The smallest absolute Gasteiger partial charge is 0.223 e. The van der Waals surface area contributed by atoms with Crippen molar-refractivity contribution in [2.24, 2.45) is 5.92 Å². The maximum Gasteiger partial charge on any atom is 0.223 e. The average Bonchev–Trinajstić information content (AvgIpc) is 2.45. The molecule has 0 bridgehead atoms. The lowest BCUT2D eigenvalue weighted by Crippen LogP contribution is -2.42. The van der Waals surface area contributed by atoms with Crippen LogP contribution in [0, 0.1) is 5.92 Å². The van der Waals surface area contributed by atoms with Crippen LogP contribution in [0.5, 0.6) is 0 Å². The molecule has 116 valence electrons. The van der Waals surface area contributed by atoms with Crippen molar-refractivity contribution in [1.29, 1.82) is 0 Å². The van der Waals surface area contributed by atoms with Gasteiger partial charge in [-0.15, -0.1) is 0 Å². The number of nitrogens with one attached hydrogen (secondary N) is 1. The first-order valence-corrected chi connectivity index (χ1v) is 7.69. The molecule has 3 unspecified atom stereocenters. The second-order valence-electron chi connectivity index (χ2n) is 6.01. The number of carbonyl (C=O) groups excluding carboxylic acids is 1. The third-order valence-electron chi connectivity index (χ3n) is 3.89. The van der Waals surface area contributed by atoms with E-state index < -0.39 is 6.10 Å². The zero-order valence-corrected chi connectivity index (χ0v) is 12.8. The molecule has 0 saturated carbocycles. The van der Waals surface area contributed by atoms with Crippen LogP contribution >= 0.6 is 0 Å². The molecule has 1 aliphatic heterocycles. The summed E-state index contributed by atoms with van der Waals surface area (Å²) in [7, 11) is 0. The predicted molar refractivity (Wildman–Crippen MR) is 81.9 cm³/mol. The minimum atomic E-state index is -0.550. The Bertz CT molecular complexity index is 439. The molecule has 0 radical (unpaired) electrons. The van der Waals surface area contributed by atoms with Gasteiger partial charge in [-0.05, 0) is 32.3 Å². The Hall–Kier alpha value is -1.39. The van der Waals surface area contributed by atoms with Crippen LogP contribution in [0.25, 0.3) is 0 Å². The normalized spacial score (nSPS) is 27.1. The van der Waals surface area contributed by atoms with Crippen LogP contribution in [0.15, 0.2) is 30.3 Å². The molecule has 0 aromatic heterocycles. The molecule has 1 fully saturated rings. The Morgan fingerprint density at radius 1 is 1.29 bits per heavy atom. The van der Waals surface area contributed by atoms with Gasteiger partial charge in [0, 0.05) is 18.9 Å². The Morgan fingerprint density at radius 3 is 2.52 bits per heavy atom. The van der Waals surface area contributed by atoms with Gasteiger partial charge < -0.3 is 15.2 Å². The molecule has 4 heteroatoms. The van der Waals surface area contributed by atoms with Gasteiger partial charge in [0.2, 0.25) is 5.91 Å². The number of aliphatic hydroxyl groups is 1. The number of rotatable bonds is 5. The fraction of sp³-hybridized carbons (Fsp3) is 0.588. The molecule has 2 N–H and O–H groups in total. The fourth-order valence-electron chi connectivity index (χ4n) is 2.94. The zero-order valence-electron chi connectivity index (χ0n) is 12.8. The maximum atomic E-state index is 12.2. The van der Waals surface area contributed by atoms with Gasteiger partial charge in [0.1, 0.15) is 0 Å². The fourth-order valence-corrected chi connectivity index (χ4v) is 2.94. The molecule has 0 aliphatic carbocycles. The summed E-state index contributed by atoms with van der Waals surface area (Å²) in [6.45, 7) is 4.30. The lowest BCUT2D eigenvalue weighted by molar-refractivity contribution is -0.133. The van der Waals surface area contributed by atoms with Crippen molar-refractivity contribution < 1.29 is 14.6 Å². The Kier molecular flexibility index (Phi) is 5.76. The van der Waals surface area contributed by atoms with Crippen LogP contribution in [0.3, 0.4) is 0 Å². The highest BCUT2D eigenvalue weighted by atomic mass is 16.5. The van der Waals surface area contributed by atoms with Crippen LogP contribution < -0.4 is 5.32 Å². The lowest BCUT2D eigenvalue weighted by atomic mass is 9.92. The summed E-state index contributed by atoms with van der Waals surface area (Å²) in [5.74, 6) is 0.0248. The van der Waals surface area contributed by atoms with E-state index in [0.29, 0.717) is 13.0 Å². The van der Waals surface area contributed by atoms with Crippen molar-refractivity contribution in [2.75, 3.05) is 6.54 Å². The number of hydrogen-bond acceptors (Lipinski definition) is 3. The summed E-state index contributed by atoms with van der Waals surface area (Å²) in [4.78, 5) is 12.2. The first-order valence-electron chi connectivity index (χ1n) is 7.69. The molecule has 2 rings (SSSR count). The molecule has 1 heterocycles. The highest BCUT2D eigenvalue weighted by molar-refractivity contribution is 5.78. The summed E-state index contributed by atoms with van der Waals surface area (Å²) < 4.78 is 5.64. The molecule has 4 nitrogen and oxygen atoms in total. The van der Waals surface area contributed by atoms with Crippen molar-refractivity contribution >= 4 is 5.91 Å². The molecule has 0 spiro atoms. The van der Waals surface area contributed by atoms with Gasteiger partial charge in [-0.2, -0.15) is 0 Å². The van der Waals surface area contributed by atoms with Crippen LogP contribution in [0.1, 0.15) is 32.3 Å². The quantitative estimate of drug-likeness (QED) is 0.871. The molecule has 3 atom stereocenters. The summed E-state index contributed by atoms with van der Waals surface area (Å²) >= 11 is 0. The molecule has 1 saturated heterocycles. The van der Waals surface area contributed by atoms with E-state index in [4.69, 9.17) is 4.74 Å². The Morgan fingerprint density at radius 2 is 1.90 bits per heavy atom. The van der Waals surface area contributed by atoms with Crippen LogP contribution in [-0.4, -0.2) is 35.9 Å². The number of aliphatic hydroxyl groups excluding tert-OH is 1. The summed E-state index contributed by atoms with van der Waals surface area (Å²) in [6, 6.07) is 9.81. The van der Waals surface area contributed by atoms with Crippen molar-refractivity contribution in [2.45, 2.75) is 51.4 Å². The largest absolute Gasteiger partial charge is 0.391 e. The second-order valence-corrected chi connectivity index (χ2v) is 6.01. The minimum Gasteiger partial charge on any atom is -0.391 e. The van der Waals surface area contributed by atoms with Gasteiger partial charge in [0.05, 0.1) is 18.3 Å². The van der Waals surface area contributed by atoms with Crippen molar-refractivity contribution in [3.05, 3.63) is 35.9 Å². The van der Waals surface area contributed by atoms with Gasteiger partial charge in [-0.25, -0.2) is 0 Å². The van der Waals surface area contributed by atoms with Crippen LogP contribution in [0.2, 0.25) is 0 Å². The highest BCUT2D eigenvalue weighted by Crippen LogP contribution is 2.24. The molecule has 1 aromatic rings. The Balaban J connectivity index is 1.75. The Labute approximate surface area is 126 Å². The number of amides is 1. The van der Waals surface area contributed by atoms with Gasteiger partial charge in [-0.3, -0.25) is 4.79 Å². The highest BCUT2D eigenvalue weighted by Gasteiger charge is 2.29. The summed E-state index contributed by atoms with van der Waals surface area (Å²) in [5.41, 5.74) is 1.08. The SMILES string of the molecule is CC1CC(C(=O)NCC(O)Cc2ccccc2)CC(C)O1. The first kappa shape index (κ1) is 16.0. The number of hydrogen-bond donors (Lipinski definition) is 2. The third-order valence-corrected chi connectivity index (χ3v) is 3.89. The maximum absolute atomic E-state index is 12.2. The monoisotopic (exact) mass is 291 g/mol. The van der Waals surface area contributed by atoms with Crippen molar-refractivity contribution in [3.8, 4) is 0 Å². The molecule has 1 amide bonds. The van der Waals surface area contributed by atoms with Crippen molar-refractivity contribution in [3.63, 3.8) is 0 Å². The van der Waals surface area contributed by atoms with Gasteiger partial charge in [0.25, 0.3) is 0 Å². The molecule has 1 aromatic carbocycles. The first-order chi connectivity index (χ1) is 10.0. The predicted octanol–water partition coefficient (Wildman–Crippen LogP) is 1.91. The topological polar surface area (TPSA) is 58.6 Å². The van der Waals surface area contributed by atoms with E-state index in [1.807, 2.05) is 44.2 Å². The third kappa shape index (κ3) is 5.14. The molecular weight excluding hydrogens is 266 g/mol. The molecule has 1 aliphatic rings. The zero-order chi connectivity index (χ0) is 15.2. The second kappa shape index (κ2) is 7.57. The average molecular weight is 291 g/mol. The van der Waals surface area contributed by atoms with Gasteiger partial charge in [-0.1, -0.05) is 30.3 Å². The van der Waals surface area contributed by atoms with Crippen LogP contribution in [0.4, 0.5) is 0 Å². The lowest BCUT2D eigenvalue weighted by Gasteiger charge is -2.31. The van der Waals surface area contributed by atoms with E-state index >= 15 is 0 Å². The van der Waals surface area contributed by atoms with E-state index in [2.05, 4.69) is 5.32 Å².